The van der Waals surface area contributed by atoms with E-state index in [4.69, 9.17) is 0 Å². The van der Waals surface area contributed by atoms with E-state index in [1.807, 2.05) is 24.0 Å². The molecule has 21 heavy (non-hydrogen) atoms. The number of likely N-dealkylation sites (tertiary alicyclic amines) is 1. The Kier molecular flexibility index (Phi) is 4.00. The van der Waals surface area contributed by atoms with Crippen molar-refractivity contribution in [3.8, 4) is 0 Å². The Balaban J connectivity index is 1.82. The van der Waals surface area contributed by atoms with Crippen LogP contribution in [0.4, 0.5) is 0 Å². The zero-order valence-corrected chi connectivity index (χ0v) is 12.7. The van der Waals surface area contributed by atoms with Gasteiger partial charge in [-0.3, -0.25) is 4.79 Å². The van der Waals surface area contributed by atoms with Gasteiger partial charge >= 0.3 is 0 Å². The van der Waals surface area contributed by atoms with Gasteiger partial charge in [0.1, 0.15) is 0 Å². The summed E-state index contributed by atoms with van der Waals surface area (Å²) < 4.78 is 0. The number of nitrogens with one attached hydrogen (secondary N) is 1. The lowest BCUT2D eigenvalue weighted by atomic mass is 9.94. The summed E-state index contributed by atoms with van der Waals surface area (Å²) in [5.41, 5.74) is 2.68. The Hall–Kier alpha value is -1.39. The molecule has 1 fully saturated rings. The number of rotatable bonds is 1. The number of nitrogens with zero attached hydrogens (tertiary/aromatic N) is 1. The van der Waals surface area contributed by atoms with Gasteiger partial charge in [-0.05, 0) is 56.3 Å². The van der Waals surface area contributed by atoms with E-state index >= 15 is 0 Å². The maximum atomic E-state index is 12.9. The zero-order chi connectivity index (χ0) is 14.9. The molecular weight excluding hydrogens is 264 g/mol. The molecule has 1 aromatic rings. The number of amides is 1. The molecule has 1 unspecified atom stereocenters. The van der Waals surface area contributed by atoms with Crippen LogP contribution in [0.5, 0.6) is 0 Å². The highest BCUT2D eigenvalue weighted by atomic mass is 16.3. The van der Waals surface area contributed by atoms with E-state index in [9.17, 15) is 9.90 Å². The minimum Gasteiger partial charge on any atom is -0.390 e. The van der Waals surface area contributed by atoms with Crippen molar-refractivity contribution >= 4 is 5.91 Å². The fourth-order valence-corrected chi connectivity index (χ4v) is 3.37. The molecule has 0 saturated carbocycles. The highest BCUT2D eigenvalue weighted by Gasteiger charge is 2.28. The Morgan fingerprint density at radius 1 is 1.33 bits per heavy atom. The van der Waals surface area contributed by atoms with E-state index in [0.29, 0.717) is 13.0 Å². The summed E-state index contributed by atoms with van der Waals surface area (Å²) in [7, 11) is 0. The Labute approximate surface area is 126 Å². The molecule has 3 rings (SSSR count). The Morgan fingerprint density at radius 3 is 3.05 bits per heavy atom. The summed E-state index contributed by atoms with van der Waals surface area (Å²) >= 11 is 0. The highest BCUT2D eigenvalue weighted by molar-refractivity contribution is 5.96. The van der Waals surface area contributed by atoms with E-state index in [1.165, 1.54) is 11.1 Å². The second kappa shape index (κ2) is 5.78. The first-order chi connectivity index (χ1) is 10.1. The third-order valence-electron chi connectivity index (χ3n) is 4.72. The van der Waals surface area contributed by atoms with Gasteiger partial charge in [0.25, 0.3) is 5.91 Å². The predicted molar refractivity (Wildman–Crippen MR) is 82.2 cm³/mol. The standard InChI is InChI=1S/C17H24N2O2/c1-17(21)7-3-10-19(11-8-17)16(20)15-5-2-4-13-12-18-9-6-14(13)15/h2,4-5,18,21H,3,6-12H2,1H3. The van der Waals surface area contributed by atoms with Gasteiger partial charge in [0.15, 0.2) is 0 Å². The lowest BCUT2D eigenvalue weighted by Crippen LogP contribution is -2.35. The lowest BCUT2D eigenvalue weighted by molar-refractivity contribution is 0.0438. The van der Waals surface area contributed by atoms with E-state index in [1.54, 1.807) is 0 Å². The maximum absolute atomic E-state index is 12.9. The first-order valence-electron chi connectivity index (χ1n) is 7.90. The monoisotopic (exact) mass is 288 g/mol. The molecule has 0 bridgehead atoms. The summed E-state index contributed by atoms with van der Waals surface area (Å²) in [4.78, 5) is 14.8. The topological polar surface area (TPSA) is 52.6 Å². The highest BCUT2D eigenvalue weighted by Crippen LogP contribution is 2.25. The minimum atomic E-state index is -0.630. The Morgan fingerprint density at radius 2 is 2.19 bits per heavy atom. The number of benzene rings is 1. The molecule has 1 atom stereocenters. The van der Waals surface area contributed by atoms with E-state index in [-0.39, 0.29) is 5.91 Å². The first kappa shape index (κ1) is 14.5. The van der Waals surface area contributed by atoms with Crippen LogP contribution in [0, 0.1) is 0 Å². The van der Waals surface area contributed by atoms with E-state index in [2.05, 4.69) is 11.4 Å². The number of hydrogen-bond acceptors (Lipinski definition) is 3. The molecule has 0 radical (unpaired) electrons. The fourth-order valence-electron chi connectivity index (χ4n) is 3.37. The predicted octanol–water partition coefficient (Wildman–Crippen LogP) is 1.71. The van der Waals surface area contributed by atoms with Crippen LogP contribution < -0.4 is 5.32 Å². The first-order valence-corrected chi connectivity index (χ1v) is 7.90. The van der Waals surface area contributed by atoms with Gasteiger partial charge in [0, 0.05) is 25.2 Å². The summed E-state index contributed by atoms with van der Waals surface area (Å²) in [6.45, 7) is 5.05. The number of fused-ring (bicyclic) bond motifs is 1. The molecule has 0 aliphatic carbocycles. The number of hydrogen-bond donors (Lipinski definition) is 2. The average Bonchev–Trinajstić information content (AvgIpc) is 2.67. The van der Waals surface area contributed by atoms with Gasteiger partial charge in [0.05, 0.1) is 5.60 Å². The number of carbonyl (C=O) groups excluding carboxylic acids is 1. The van der Waals surface area contributed by atoms with Gasteiger partial charge < -0.3 is 15.3 Å². The molecule has 1 saturated heterocycles. The van der Waals surface area contributed by atoms with Gasteiger partial charge in [-0.25, -0.2) is 0 Å². The Bertz CT molecular complexity index is 540. The molecule has 1 aromatic carbocycles. The molecule has 4 nitrogen and oxygen atoms in total. The molecule has 2 aliphatic heterocycles. The van der Waals surface area contributed by atoms with Crippen molar-refractivity contribution in [3.05, 3.63) is 34.9 Å². The molecular formula is C17H24N2O2. The van der Waals surface area contributed by atoms with Gasteiger partial charge in [-0.15, -0.1) is 0 Å². The molecule has 4 heteroatoms. The van der Waals surface area contributed by atoms with Gasteiger partial charge in [0.2, 0.25) is 0 Å². The van der Waals surface area contributed by atoms with Crippen LogP contribution in [0.15, 0.2) is 18.2 Å². The quantitative estimate of drug-likeness (QED) is 0.827. The van der Waals surface area contributed by atoms with Crippen LogP contribution in [0.2, 0.25) is 0 Å². The average molecular weight is 288 g/mol. The summed E-state index contributed by atoms with van der Waals surface area (Å²) in [6.07, 6.45) is 3.22. The number of carbonyl (C=O) groups is 1. The van der Waals surface area contributed by atoms with Crippen molar-refractivity contribution in [2.24, 2.45) is 0 Å². The summed E-state index contributed by atoms with van der Waals surface area (Å²) in [5, 5.41) is 13.5. The van der Waals surface area contributed by atoms with Crippen LogP contribution in [-0.4, -0.2) is 41.1 Å². The van der Waals surface area contributed by atoms with E-state index < -0.39 is 5.60 Å². The molecule has 2 heterocycles. The molecule has 114 valence electrons. The smallest absolute Gasteiger partial charge is 0.254 e. The molecule has 2 N–H and O–H groups in total. The molecule has 1 amide bonds. The minimum absolute atomic E-state index is 0.131. The van der Waals surface area contributed by atoms with E-state index in [0.717, 1.165) is 44.5 Å². The lowest BCUT2D eigenvalue weighted by Gasteiger charge is -2.25. The summed E-state index contributed by atoms with van der Waals surface area (Å²) in [5.74, 6) is 0.131. The van der Waals surface area contributed by atoms with Crippen molar-refractivity contribution in [1.82, 2.24) is 10.2 Å². The summed E-state index contributed by atoms with van der Waals surface area (Å²) in [6, 6.07) is 6.04. The maximum Gasteiger partial charge on any atom is 0.254 e. The van der Waals surface area contributed by atoms with Crippen molar-refractivity contribution in [3.63, 3.8) is 0 Å². The van der Waals surface area contributed by atoms with Crippen LogP contribution in [0.1, 0.15) is 47.7 Å². The zero-order valence-electron chi connectivity index (χ0n) is 12.7. The van der Waals surface area contributed by atoms with Crippen LogP contribution in [0.25, 0.3) is 0 Å². The van der Waals surface area contributed by atoms with Crippen LogP contribution in [0.3, 0.4) is 0 Å². The molecule has 0 aromatic heterocycles. The van der Waals surface area contributed by atoms with Gasteiger partial charge in [-0.1, -0.05) is 12.1 Å². The van der Waals surface area contributed by atoms with Crippen LogP contribution >= 0.6 is 0 Å². The van der Waals surface area contributed by atoms with Crippen molar-refractivity contribution < 1.29 is 9.90 Å². The van der Waals surface area contributed by atoms with Crippen molar-refractivity contribution in [2.45, 2.75) is 44.8 Å². The normalized spacial score (nSPS) is 26.1. The van der Waals surface area contributed by atoms with Gasteiger partial charge in [-0.2, -0.15) is 0 Å². The number of aliphatic hydroxyl groups is 1. The van der Waals surface area contributed by atoms with Crippen LogP contribution in [-0.2, 0) is 13.0 Å². The van der Waals surface area contributed by atoms with Crippen molar-refractivity contribution in [2.75, 3.05) is 19.6 Å². The fraction of sp³-hybridized carbons (Fsp3) is 0.588. The second-order valence-electron chi connectivity index (χ2n) is 6.51. The third kappa shape index (κ3) is 3.11. The third-order valence-corrected chi connectivity index (χ3v) is 4.72. The largest absolute Gasteiger partial charge is 0.390 e. The molecule has 2 aliphatic rings. The molecule has 0 spiro atoms. The SMILES string of the molecule is CC1(O)CCCN(C(=O)c2cccc3c2CCNC3)CC1. The van der Waals surface area contributed by atoms with Crippen molar-refractivity contribution in [1.29, 1.82) is 0 Å². The second-order valence-corrected chi connectivity index (χ2v) is 6.51.